The quantitative estimate of drug-likeness (QED) is 0.635. The summed E-state index contributed by atoms with van der Waals surface area (Å²) in [5.74, 6) is -12.5. The molecule has 0 saturated heterocycles. The summed E-state index contributed by atoms with van der Waals surface area (Å²) >= 11 is 0. The fourth-order valence-electron chi connectivity index (χ4n) is 0.631. The number of hydrogen-bond acceptors (Lipinski definition) is 2. The summed E-state index contributed by atoms with van der Waals surface area (Å²) in [7, 11) is -5.73. The van der Waals surface area contributed by atoms with Crippen molar-refractivity contribution in [1.29, 1.82) is 0 Å². The molecule has 0 aromatic carbocycles. The van der Waals surface area contributed by atoms with Gasteiger partial charge in [-0.15, -0.1) is 0 Å². The summed E-state index contributed by atoms with van der Waals surface area (Å²) in [6, 6.07) is 0. The van der Waals surface area contributed by atoms with Crippen molar-refractivity contribution in [3.63, 3.8) is 0 Å². The van der Waals surface area contributed by atoms with Gasteiger partial charge in [0.15, 0.2) is 5.25 Å². The van der Waals surface area contributed by atoms with Gasteiger partial charge in [0.25, 0.3) is 10.1 Å². The third-order valence-corrected chi connectivity index (χ3v) is 2.92. The van der Waals surface area contributed by atoms with Gasteiger partial charge in [-0.2, -0.15) is 39.2 Å². The molecule has 1 unspecified atom stereocenters. The molecule has 0 aliphatic rings. The van der Waals surface area contributed by atoms with Crippen LogP contribution in [-0.4, -0.2) is 36.2 Å². The van der Waals surface area contributed by atoms with Crippen LogP contribution in [0.2, 0.25) is 0 Å². The highest BCUT2D eigenvalue weighted by Crippen LogP contribution is 2.49. The summed E-state index contributed by atoms with van der Waals surface area (Å²) in [6.07, 6.45) is -6.63. The van der Waals surface area contributed by atoms with Crippen molar-refractivity contribution in [2.45, 2.75) is 30.2 Å². The summed E-state index contributed by atoms with van der Waals surface area (Å²) in [5.41, 5.74) is 0. The van der Waals surface area contributed by atoms with Crippen molar-refractivity contribution in [1.82, 2.24) is 0 Å². The van der Waals surface area contributed by atoms with Gasteiger partial charge >= 0.3 is 18.0 Å². The van der Waals surface area contributed by atoms with Gasteiger partial charge in [-0.25, -0.2) is 0 Å². The summed E-state index contributed by atoms with van der Waals surface area (Å²) in [4.78, 5) is 0. The van der Waals surface area contributed by atoms with Gasteiger partial charge in [-0.1, -0.05) is 0 Å². The Morgan fingerprint density at radius 3 is 1.50 bits per heavy atom. The van der Waals surface area contributed by atoms with Crippen molar-refractivity contribution in [3.05, 3.63) is 0 Å². The van der Waals surface area contributed by atoms with Crippen molar-refractivity contribution < 1.29 is 43.7 Å². The monoisotopic (exact) mass is 278 g/mol. The summed E-state index contributed by atoms with van der Waals surface area (Å²) < 4.78 is 113. The Kier molecular flexibility index (Phi) is 3.59. The standard InChI is InChI=1S/C5H5F7O3S/c1-2(16(13,14)15)3(6,7)4(8,9)5(10,11)12/h2H,1H3,(H,13,14,15). The molecular formula is C5H5F7O3S. The first-order valence-electron chi connectivity index (χ1n) is 3.44. The Labute approximate surface area is 85.0 Å². The van der Waals surface area contributed by atoms with Crippen LogP contribution in [0.5, 0.6) is 0 Å². The zero-order valence-corrected chi connectivity index (χ0v) is 8.21. The lowest BCUT2D eigenvalue weighted by atomic mass is 10.1. The molecule has 0 aromatic rings. The second kappa shape index (κ2) is 3.72. The predicted octanol–water partition coefficient (Wildman–Crippen LogP) is 2.10. The first-order valence-corrected chi connectivity index (χ1v) is 4.94. The van der Waals surface area contributed by atoms with Gasteiger partial charge < -0.3 is 0 Å². The molecule has 0 aromatic heterocycles. The van der Waals surface area contributed by atoms with Crippen LogP contribution in [-0.2, 0) is 10.1 Å². The van der Waals surface area contributed by atoms with Crippen molar-refractivity contribution in [2.24, 2.45) is 0 Å². The molecule has 1 N–H and O–H groups in total. The molecule has 0 aliphatic heterocycles. The molecule has 1 atom stereocenters. The Morgan fingerprint density at radius 1 is 1.00 bits per heavy atom. The van der Waals surface area contributed by atoms with Gasteiger partial charge in [0.1, 0.15) is 0 Å². The smallest absolute Gasteiger partial charge is 0.285 e. The Balaban J connectivity index is 5.54. The number of alkyl halides is 7. The van der Waals surface area contributed by atoms with Crippen LogP contribution in [0.1, 0.15) is 6.92 Å². The second-order valence-electron chi connectivity index (χ2n) is 2.85. The van der Waals surface area contributed by atoms with E-state index < -0.39 is 33.4 Å². The molecule has 0 bridgehead atoms. The minimum atomic E-state index is -6.63. The molecule has 0 aliphatic carbocycles. The summed E-state index contributed by atoms with van der Waals surface area (Å²) in [6.45, 7) is -0.158. The van der Waals surface area contributed by atoms with Crippen LogP contribution in [0.25, 0.3) is 0 Å². The molecule has 3 nitrogen and oxygen atoms in total. The van der Waals surface area contributed by atoms with Crippen LogP contribution in [0.15, 0.2) is 0 Å². The van der Waals surface area contributed by atoms with E-state index in [9.17, 15) is 39.2 Å². The number of hydrogen-bond donors (Lipinski definition) is 1. The van der Waals surface area contributed by atoms with E-state index in [1.54, 1.807) is 0 Å². The van der Waals surface area contributed by atoms with Crippen molar-refractivity contribution in [3.8, 4) is 0 Å². The second-order valence-corrected chi connectivity index (χ2v) is 4.59. The SMILES string of the molecule is CC(C(F)(F)C(F)(F)C(F)(F)F)S(=O)(=O)O. The lowest BCUT2D eigenvalue weighted by Crippen LogP contribution is -2.58. The van der Waals surface area contributed by atoms with Crippen LogP contribution >= 0.6 is 0 Å². The molecule has 0 radical (unpaired) electrons. The average Bonchev–Trinajstić information content (AvgIpc) is 1.98. The zero-order chi connectivity index (χ0) is 13.6. The molecule has 16 heavy (non-hydrogen) atoms. The van der Waals surface area contributed by atoms with E-state index in [1.807, 2.05) is 0 Å². The zero-order valence-electron chi connectivity index (χ0n) is 7.40. The molecule has 0 rings (SSSR count). The fraction of sp³-hybridized carbons (Fsp3) is 1.00. The van der Waals surface area contributed by atoms with Crippen molar-refractivity contribution in [2.75, 3.05) is 0 Å². The third kappa shape index (κ3) is 2.39. The highest BCUT2D eigenvalue weighted by molar-refractivity contribution is 7.86. The molecule has 0 spiro atoms. The predicted molar refractivity (Wildman–Crippen MR) is 37.0 cm³/mol. The van der Waals surface area contributed by atoms with Crippen LogP contribution in [0, 0.1) is 0 Å². The minimum Gasteiger partial charge on any atom is -0.285 e. The van der Waals surface area contributed by atoms with Gasteiger partial charge in [-0.05, 0) is 6.92 Å². The van der Waals surface area contributed by atoms with E-state index in [0.717, 1.165) is 0 Å². The van der Waals surface area contributed by atoms with Crippen LogP contribution in [0.4, 0.5) is 30.7 Å². The normalized spacial score (nSPS) is 17.3. The number of rotatable bonds is 3. The molecule has 11 heteroatoms. The van der Waals surface area contributed by atoms with E-state index in [4.69, 9.17) is 4.55 Å². The van der Waals surface area contributed by atoms with E-state index >= 15 is 0 Å². The molecule has 0 fully saturated rings. The Hall–Kier alpha value is -0.580. The van der Waals surface area contributed by atoms with Crippen molar-refractivity contribution >= 4 is 10.1 Å². The topological polar surface area (TPSA) is 54.4 Å². The Morgan fingerprint density at radius 2 is 1.31 bits per heavy atom. The molecular weight excluding hydrogens is 273 g/mol. The van der Waals surface area contributed by atoms with E-state index in [0.29, 0.717) is 0 Å². The van der Waals surface area contributed by atoms with E-state index in [-0.39, 0.29) is 6.92 Å². The third-order valence-electron chi connectivity index (χ3n) is 1.73. The number of halogens is 7. The lowest BCUT2D eigenvalue weighted by Gasteiger charge is -2.30. The maximum absolute atomic E-state index is 12.6. The first kappa shape index (κ1) is 15.4. The van der Waals surface area contributed by atoms with Crippen LogP contribution in [0.3, 0.4) is 0 Å². The maximum Gasteiger partial charge on any atom is 0.459 e. The maximum atomic E-state index is 12.6. The highest BCUT2D eigenvalue weighted by Gasteiger charge is 2.76. The molecule has 98 valence electrons. The van der Waals surface area contributed by atoms with Crippen LogP contribution < -0.4 is 0 Å². The lowest BCUT2D eigenvalue weighted by molar-refractivity contribution is -0.353. The fourth-order valence-corrected chi connectivity index (χ4v) is 1.15. The largest absolute Gasteiger partial charge is 0.459 e. The van der Waals surface area contributed by atoms with Gasteiger partial charge in [0.05, 0.1) is 0 Å². The van der Waals surface area contributed by atoms with Gasteiger partial charge in [0.2, 0.25) is 0 Å². The van der Waals surface area contributed by atoms with E-state index in [2.05, 4.69) is 0 Å². The molecule has 0 saturated carbocycles. The highest BCUT2D eigenvalue weighted by atomic mass is 32.2. The van der Waals surface area contributed by atoms with Gasteiger partial charge in [-0.3, -0.25) is 4.55 Å². The first-order chi connectivity index (χ1) is 6.65. The summed E-state index contributed by atoms with van der Waals surface area (Å²) in [5, 5.41) is -3.59. The van der Waals surface area contributed by atoms with Gasteiger partial charge in [0, 0.05) is 0 Å². The average molecular weight is 278 g/mol. The minimum absolute atomic E-state index is 0.158. The Bertz CT molecular complexity index is 357. The van der Waals surface area contributed by atoms with E-state index in [1.165, 1.54) is 0 Å². The molecule has 0 amide bonds. The molecule has 0 heterocycles.